The zero-order chi connectivity index (χ0) is 22.7. The van der Waals surface area contributed by atoms with Crippen LogP contribution in [0.25, 0.3) is 0 Å². The molecule has 4 aliphatic carbocycles. The van der Waals surface area contributed by atoms with Crippen LogP contribution in [0.15, 0.2) is 18.2 Å². The Hall–Kier alpha value is -1.01. The van der Waals surface area contributed by atoms with Crippen molar-refractivity contribution >= 4 is 30.7 Å². The molecule has 0 radical (unpaired) electrons. The Labute approximate surface area is 227 Å². The van der Waals surface area contributed by atoms with Crippen LogP contribution in [0.3, 0.4) is 0 Å². The standard InChI is InChI=1S/C29H39N3O2.2ClH/c33-21-7-6-19-13-25-28-9-8-24-26(20(15-28)17-32(24)27(34)23-3-1-2-11-30-23)29(28,22(19)14-21)10-12-31(25)16-18-4-5-18;;/h6-7,14,18,20,23-26,30,33H,1-5,8-13,15-17H2;2*1H/t20-,23-,24?,25?,26?,28?,29?;;/m1../s1. The van der Waals surface area contributed by atoms with E-state index in [4.69, 9.17) is 0 Å². The van der Waals surface area contributed by atoms with Gasteiger partial charge in [0.15, 0.2) is 0 Å². The second kappa shape index (κ2) is 8.76. The lowest BCUT2D eigenvalue weighted by Gasteiger charge is -2.66. The van der Waals surface area contributed by atoms with E-state index >= 15 is 0 Å². The van der Waals surface area contributed by atoms with Crippen LogP contribution in [0, 0.1) is 23.2 Å². The van der Waals surface area contributed by atoms with Gasteiger partial charge in [-0.3, -0.25) is 9.69 Å². The van der Waals surface area contributed by atoms with Gasteiger partial charge in [0.2, 0.25) is 5.91 Å². The number of carbonyl (C=O) groups is 1. The molecule has 2 N–H and O–H groups in total. The second-order valence-corrected chi connectivity index (χ2v) is 13.0. The van der Waals surface area contributed by atoms with Crippen molar-refractivity contribution < 1.29 is 9.90 Å². The largest absolute Gasteiger partial charge is 0.508 e. The van der Waals surface area contributed by atoms with E-state index in [0.717, 1.165) is 31.8 Å². The number of fused-ring (bicyclic) bond motifs is 1. The monoisotopic (exact) mass is 533 g/mol. The molecule has 6 fully saturated rings. The molecule has 1 amide bonds. The summed E-state index contributed by atoms with van der Waals surface area (Å²) in [4.78, 5) is 19.0. The number of aromatic hydroxyl groups is 1. The zero-order valence-electron chi connectivity index (χ0n) is 21.2. The summed E-state index contributed by atoms with van der Waals surface area (Å²) in [6.45, 7) is 4.46. The lowest BCUT2D eigenvalue weighted by atomic mass is 9.43. The fourth-order valence-electron chi connectivity index (χ4n) is 10.5. The highest BCUT2D eigenvalue weighted by atomic mass is 35.5. The van der Waals surface area contributed by atoms with Crippen LogP contribution in [-0.4, -0.2) is 65.1 Å². The molecule has 3 saturated carbocycles. The van der Waals surface area contributed by atoms with E-state index in [1.807, 2.05) is 6.07 Å². The number of carbonyl (C=O) groups excluding carboxylic acids is 1. The highest BCUT2D eigenvalue weighted by molar-refractivity contribution is 5.85. The van der Waals surface area contributed by atoms with Gasteiger partial charge in [0.05, 0.1) is 6.04 Å². The maximum atomic E-state index is 13.7. The van der Waals surface area contributed by atoms with Gasteiger partial charge < -0.3 is 15.3 Å². The fourth-order valence-corrected chi connectivity index (χ4v) is 10.5. The predicted octanol–water partition coefficient (Wildman–Crippen LogP) is 4.28. The summed E-state index contributed by atoms with van der Waals surface area (Å²) in [5.41, 5.74) is 3.44. The van der Waals surface area contributed by atoms with E-state index in [0.29, 0.717) is 41.0 Å². The molecule has 3 heterocycles. The van der Waals surface area contributed by atoms with Crippen molar-refractivity contribution in [1.82, 2.24) is 15.1 Å². The Morgan fingerprint density at radius 3 is 2.75 bits per heavy atom. The van der Waals surface area contributed by atoms with Crippen molar-refractivity contribution in [1.29, 1.82) is 0 Å². The highest BCUT2D eigenvalue weighted by Crippen LogP contribution is 2.75. The number of piperidine rings is 2. The maximum absolute atomic E-state index is 13.7. The number of halogens is 2. The van der Waals surface area contributed by atoms with Gasteiger partial charge in [-0.2, -0.15) is 0 Å². The molecular weight excluding hydrogens is 493 g/mol. The smallest absolute Gasteiger partial charge is 0.239 e. The summed E-state index contributed by atoms with van der Waals surface area (Å²) in [7, 11) is 0. The maximum Gasteiger partial charge on any atom is 0.239 e. The molecule has 1 aromatic rings. The minimum atomic E-state index is 0. The summed E-state index contributed by atoms with van der Waals surface area (Å²) >= 11 is 0. The summed E-state index contributed by atoms with van der Waals surface area (Å²) in [6, 6.07) is 7.37. The quantitative estimate of drug-likeness (QED) is 0.608. The zero-order valence-corrected chi connectivity index (χ0v) is 22.8. The number of likely N-dealkylation sites (tertiary alicyclic amines) is 2. The molecule has 3 saturated heterocycles. The third kappa shape index (κ3) is 3.18. The van der Waals surface area contributed by atoms with Gasteiger partial charge in [-0.15, -0.1) is 24.8 Å². The number of benzene rings is 1. The number of rotatable bonds is 3. The Morgan fingerprint density at radius 1 is 1.11 bits per heavy atom. The fraction of sp³-hybridized carbons (Fsp3) is 0.759. The van der Waals surface area contributed by atoms with E-state index in [1.165, 1.54) is 75.6 Å². The molecule has 0 spiro atoms. The molecule has 0 aromatic heterocycles. The third-order valence-electron chi connectivity index (χ3n) is 11.7. The summed E-state index contributed by atoms with van der Waals surface area (Å²) in [5, 5.41) is 14.2. The van der Waals surface area contributed by atoms with Gasteiger partial charge in [0.25, 0.3) is 0 Å². The van der Waals surface area contributed by atoms with Gasteiger partial charge >= 0.3 is 0 Å². The average molecular weight is 535 g/mol. The number of nitrogens with one attached hydrogen (secondary N) is 1. The molecule has 3 aliphatic heterocycles. The highest BCUT2D eigenvalue weighted by Gasteiger charge is 2.76. The second-order valence-electron chi connectivity index (χ2n) is 13.0. The van der Waals surface area contributed by atoms with Crippen LogP contribution in [0.2, 0.25) is 0 Å². The Bertz CT molecular complexity index is 1040. The van der Waals surface area contributed by atoms with E-state index in [9.17, 15) is 9.90 Å². The number of phenolic OH excluding ortho intramolecular Hbond substituents is 1. The molecule has 7 heteroatoms. The average Bonchev–Trinajstić information content (AvgIpc) is 3.55. The lowest BCUT2D eigenvalue weighted by Crippen LogP contribution is -2.70. The van der Waals surface area contributed by atoms with Crippen molar-refractivity contribution in [2.24, 2.45) is 23.2 Å². The van der Waals surface area contributed by atoms with Crippen LogP contribution in [0.4, 0.5) is 0 Å². The first-order valence-corrected chi connectivity index (χ1v) is 14.2. The van der Waals surface area contributed by atoms with Crippen molar-refractivity contribution in [3.8, 4) is 5.75 Å². The van der Waals surface area contributed by atoms with Gasteiger partial charge in [0.1, 0.15) is 5.75 Å². The number of amides is 1. The van der Waals surface area contributed by atoms with Crippen molar-refractivity contribution in [3.63, 3.8) is 0 Å². The Kier molecular flexibility index (Phi) is 6.15. The van der Waals surface area contributed by atoms with Crippen molar-refractivity contribution in [3.05, 3.63) is 29.3 Å². The van der Waals surface area contributed by atoms with Crippen LogP contribution in [0.5, 0.6) is 5.75 Å². The SMILES string of the molecule is Cl.Cl.O=C([C@H]1CCCCN1)N1C[C@H]2CC34CCC1C2C31CCN(CC2CC2)C4Cc2ccc(O)cc21. The number of hydrogen-bond donors (Lipinski definition) is 2. The number of phenols is 1. The molecule has 5 unspecified atom stereocenters. The summed E-state index contributed by atoms with van der Waals surface area (Å²) < 4.78 is 0. The third-order valence-corrected chi connectivity index (χ3v) is 11.7. The summed E-state index contributed by atoms with van der Waals surface area (Å²) in [5.74, 6) is 2.94. The number of hydrogen-bond acceptors (Lipinski definition) is 4. The molecule has 7 aliphatic rings. The topological polar surface area (TPSA) is 55.8 Å². The first kappa shape index (κ1) is 25.3. The van der Waals surface area contributed by atoms with Crippen LogP contribution in [-0.2, 0) is 16.6 Å². The van der Waals surface area contributed by atoms with Crippen molar-refractivity contribution in [2.75, 3.05) is 26.2 Å². The van der Waals surface area contributed by atoms with E-state index < -0.39 is 0 Å². The van der Waals surface area contributed by atoms with Crippen LogP contribution < -0.4 is 5.32 Å². The molecule has 1 aromatic carbocycles. The van der Waals surface area contributed by atoms with Crippen LogP contribution >= 0.6 is 24.8 Å². The molecular formula is C29H41Cl2N3O2. The van der Waals surface area contributed by atoms with E-state index in [-0.39, 0.29) is 36.3 Å². The Balaban J connectivity index is 0.00000120. The van der Waals surface area contributed by atoms with Crippen molar-refractivity contribution in [2.45, 2.75) is 87.7 Å². The van der Waals surface area contributed by atoms with Gasteiger partial charge in [0, 0.05) is 30.6 Å². The van der Waals surface area contributed by atoms with Gasteiger partial charge in [-0.1, -0.05) is 12.5 Å². The molecule has 198 valence electrons. The minimum Gasteiger partial charge on any atom is -0.508 e. The molecule has 36 heavy (non-hydrogen) atoms. The first-order valence-electron chi connectivity index (χ1n) is 14.2. The lowest BCUT2D eigenvalue weighted by molar-refractivity contribution is -0.142. The van der Waals surface area contributed by atoms with Gasteiger partial charge in [-0.25, -0.2) is 0 Å². The van der Waals surface area contributed by atoms with Crippen LogP contribution in [0.1, 0.15) is 68.9 Å². The first-order chi connectivity index (χ1) is 16.6. The molecule has 7 atom stereocenters. The van der Waals surface area contributed by atoms with Gasteiger partial charge in [-0.05, 0) is 117 Å². The molecule has 5 nitrogen and oxygen atoms in total. The Morgan fingerprint density at radius 2 is 1.97 bits per heavy atom. The number of nitrogens with zero attached hydrogens (tertiary/aromatic N) is 2. The summed E-state index contributed by atoms with van der Waals surface area (Å²) in [6.07, 6.45) is 12.3. The van der Waals surface area contributed by atoms with E-state index in [2.05, 4.69) is 27.2 Å². The molecule has 8 rings (SSSR count). The minimum absolute atomic E-state index is 0. The predicted molar refractivity (Wildman–Crippen MR) is 145 cm³/mol. The normalized spacial score (nSPS) is 42.1. The van der Waals surface area contributed by atoms with E-state index in [1.54, 1.807) is 0 Å². The molecule has 4 bridgehead atoms.